The number of carbonyl (C=O) groups is 2. The Labute approximate surface area is 218 Å². The fraction of sp³-hybridized carbons (Fsp3) is 0.323. The van der Waals surface area contributed by atoms with Crippen LogP contribution in [0.25, 0.3) is 0 Å². The number of pyridine rings is 1. The average Bonchev–Trinajstić information content (AvgIpc) is 3.35. The van der Waals surface area contributed by atoms with Crippen LogP contribution < -0.4 is 4.74 Å². The number of piperidine rings is 1. The van der Waals surface area contributed by atoms with Crippen molar-refractivity contribution in [1.29, 1.82) is 0 Å². The van der Waals surface area contributed by atoms with E-state index >= 15 is 0 Å². The molecule has 2 aliphatic heterocycles. The summed E-state index contributed by atoms with van der Waals surface area (Å²) in [7, 11) is 0. The van der Waals surface area contributed by atoms with Crippen molar-refractivity contribution in [2.75, 3.05) is 32.8 Å². The van der Waals surface area contributed by atoms with Crippen LogP contribution in [-0.4, -0.2) is 59.4 Å². The van der Waals surface area contributed by atoms with Gasteiger partial charge < -0.3 is 14.5 Å². The van der Waals surface area contributed by atoms with Crippen molar-refractivity contribution >= 4 is 11.8 Å². The number of amides is 2. The Balaban J connectivity index is 1.15. The van der Waals surface area contributed by atoms with Crippen molar-refractivity contribution in [3.63, 3.8) is 0 Å². The summed E-state index contributed by atoms with van der Waals surface area (Å²) in [5.74, 6) is 7.00. The molecule has 2 fully saturated rings. The molecule has 2 amide bonds. The zero-order chi connectivity index (χ0) is 25.7. The van der Waals surface area contributed by atoms with Crippen LogP contribution in [0, 0.1) is 24.2 Å². The van der Waals surface area contributed by atoms with Gasteiger partial charge in [-0.15, -0.1) is 0 Å². The highest BCUT2D eigenvalue weighted by Crippen LogP contribution is 2.40. The minimum Gasteiger partial charge on any atom is -0.484 e. The van der Waals surface area contributed by atoms with Gasteiger partial charge in [-0.2, -0.15) is 0 Å². The number of aromatic nitrogens is 1. The van der Waals surface area contributed by atoms with E-state index in [-0.39, 0.29) is 23.8 Å². The second-order valence-corrected chi connectivity index (χ2v) is 9.99. The highest BCUT2D eigenvalue weighted by Gasteiger charge is 2.43. The molecule has 6 heteroatoms. The number of para-hydroxylation sites is 1. The van der Waals surface area contributed by atoms with Crippen molar-refractivity contribution in [1.82, 2.24) is 14.8 Å². The number of aryl methyl sites for hydroxylation is 1. The van der Waals surface area contributed by atoms with Crippen LogP contribution in [0.5, 0.6) is 5.75 Å². The van der Waals surface area contributed by atoms with E-state index in [0.717, 1.165) is 48.2 Å². The number of benzene rings is 2. The van der Waals surface area contributed by atoms with Gasteiger partial charge >= 0.3 is 0 Å². The Hall–Kier alpha value is -4.11. The lowest BCUT2D eigenvalue weighted by atomic mass is 9.78. The molecule has 2 aromatic carbocycles. The molecule has 1 spiro atoms. The van der Waals surface area contributed by atoms with Crippen LogP contribution in [0.1, 0.15) is 46.3 Å². The molecule has 188 valence electrons. The first-order valence-electron chi connectivity index (χ1n) is 12.8. The van der Waals surface area contributed by atoms with Gasteiger partial charge in [0, 0.05) is 49.7 Å². The normalized spacial score (nSPS) is 16.2. The van der Waals surface area contributed by atoms with Gasteiger partial charge in [0.1, 0.15) is 5.75 Å². The van der Waals surface area contributed by atoms with E-state index < -0.39 is 0 Å². The molecule has 3 heterocycles. The molecule has 37 heavy (non-hydrogen) atoms. The van der Waals surface area contributed by atoms with E-state index in [0.29, 0.717) is 25.2 Å². The van der Waals surface area contributed by atoms with Crippen molar-refractivity contribution < 1.29 is 14.3 Å². The molecule has 0 aliphatic carbocycles. The summed E-state index contributed by atoms with van der Waals surface area (Å²) in [6.45, 7) is 4.87. The monoisotopic (exact) mass is 493 g/mol. The SMILES string of the molecule is Cc1ccccc1OCC(=O)N1CCC2(CC1)CCN(C(=O)c1cncc(C#Cc3ccccc3)c1)C2. The maximum Gasteiger partial charge on any atom is 0.260 e. The van der Waals surface area contributed by atoms with Gasteiger partial charge in [-0.05, 0) is 61.4 Å². The lowest BCUT2D eigenvalue weighted by Gasteiger charge is -2.39. The fourth-order valence-electron chi connectivity index (χ4n) is 5.17. The maximum absolute atomic E-state index is 13.3. The summed E-state index contributed by atoms with van der Waals surface area (Å²) in [6, 6.07) is 19.3. The first-order valence-corrected chi connectivity index (χ1v) is 12.8. The minimum atomic E-state index is -0.00197. The summed E-state index contributed by atoms with van der Waals surface area (Å²) in [6.07, 6.45) is 6.06. The molecule has 6 nitrogen and oxygen atoms in total. The van der Waals surface area contributed by atoms with Crippen LogP contribution in [0.3, 0.4) is 0 Å². The van der Waals surface area contributed by atoms with Gasteiger partial charge in [0.15, 0.2) is 6.61 Å². The first kappa shape index (κ1) is 24.6. The molecule has 3 aromatic rings. The lowest BCUT2D eigenvalue weighted by molar-refractivity contribution is -0.135. The molecule has 0 atom stereocenters. The van der Waals surface area contributed by atoms with Crippen LogP contribution >= 0.6 is 0 Å². The third-order valence-corrected chi connectivity index (χ3v) is 7.46. The van der Waals surface area contributed by atoms with Gasteiger partial charge in [-0.1, -0.05) is 48.2 Å². The van der Waals surface area contributed by atoms with Crippen molar-refractivity contribution in [3.8, 4) is 17.6 Å². The Kier molecular flexibility index (Phi) is 7.23. The quantitative estimate of drug-likeness (QED) is 0.508. The Morgan fingerprint density at radius 2 is 1.57 bits per heavy atom. The molecule has 5 rings (SSSR count). The molecular formula is C31H31N3O3. The highest BCUT2D eigenvalue weighted by molar-refractivity contribution is 5.94. The Morgan fingerprint density at radius 3 is 2.32 bits per heavy atom. The number of hydrogen-bond acceptors (Lipinski definition) is 4. The van der Waals surface area contributed by atoms with Crippen LogP contribution in [0.2, 0.25) is 0 Å². The lowest BCUT2D eigenvalue weighted by Crippen LogP contribution is -2.46. The zero-order valence-electron chi connectivity index (χ0n) is 21.2. The second kappa shape index (κ2) is 10.9. The van der Waals surface area contributed by atoms with E-state index in [1.54, 1.807) is 12.4 Å². The first-order chi connectivity index (χ1) is 18.0. The van der Waals surface area contributed by atoms with Gasteiger partial charge in [-0.3, -0.25) is 14.6 Å². The number of likely N-dealkylation sites (tertiary alicyclic amines) is 2. The van der Waals surface area contributed by atoms with E-state index in [2.05, 4.69) is 16.8 Å². The molecule has 0 radical (unpaired) electrons. The molecule has 0 unspecified atom stereocenters. The number of carbonyl (C=O) groups excluding carboxylic acids is 2. The molecular weight excluding hydrogens is 462 g/mol. The van der Waals surface area contributed by atoms with E-state index in [1.165, 1.54) is 0 Å². The molecule has 0 saturated carbocycles. The number of hydrogen-bond donors (Lipinski definition) is 0. The van der Waals surface area contributed by atoms with Crippen LogP contribution in [0.4, 0.5) is 0 Å². The predicted octanol–water partition coefficient (Wildman–Crippen LogP) is 4.32. The maximum atomic E-state index is 13.3. The molecule has 0 bridgehead atoms. The molecule has 1 aromatic heterocycles. The molecule has 2 aliphatic rings. The largest absolute Gasteiger partial charge is 0.484 e. The van der Waals surface area contributed by atoms with E-state index in [9.17, 15) is 9.59 Å². The number of ether oxygens (including phenoxy) is 1. The number of nitrogens with zero attached hydrogens (tertiary/aromatic N) is 3. The van der Waals surface area contributed by atoms with Gasteiger partial charge in [0.2, 0.25) is 0 Å². The summed E-state index contributed by atoms with van der Waals surface area (Å²) in [4.78, 5) is 34.1. The topological polar surface area (TPSA) is 62.7 Å². The zero-order valence-corrected chi connectivity index (χ0v) is 21.2. The number of rotatable bonds is 4. The third-order valence-electron chi connectivity index (χ3n) is 7.46. The Morgan fingerprint density at radius 1 is 0.892 bits per heavy atom. The fourth-order valence-corrected chi connectivity index (χ4v) is 5.17. The van der Waals surface area contributed by atoms with E-state index in [4.69, 9.17) is 4.74 Å². The summed E-state index contributed by atoms with van der Waals surface area (Å²) < 4.78 is 5.76. The van der Waals surface area contributed by atoms with Crippen LogP contribution in [0.15, 0.2) is 73.1 Å². The second-order valence-electron chi connectivity index (χ2n) is 9.99. The predicted molar refractivity (Wildman–Crippen MR) is 142 cm³/mol. The standard InChI is InChI=1S/C31H31N3O3/c1-24-7-5-6-10-28(24)37-22-29(35)33-16-13-31(14-17-33)15-18-34(23-31)30(36)27-19-26(20-32-21-27)12-11-25-8-3-2-4-9-25/h2-10,19-21H,13-18,22-23H2,1H3. The van der Waals surface area contributed by atoms with Crippen LogP contribution in [-0.2, 0) is 4.79 Å². The molecule has 0 N–H and O–H groups in total. The van der Waals surface area contributed by atoms with Crippen molar-refractivity contribution in [2.24, 2.45) is 5.41 Å². The smallest absolute Gasteiger partial charge is 0.260 e. The van der Waals surface area contributed by atoms with E-state index in [1.807, 2.05) is 77.4 Å². The van der Waals surface area contributed by atoms with Crippen molar-refractivity contribution in [2.45, 2.75) is 26.2 Å². The van der Waals surface area contributed by atoms with Gasteiger partial charge in [-0.25, -0.2) is 0 Å². The summed E-state index contributed by atoms with van der Waals surface area (Å²) >= 11 is 0. The van der Waals surface area contributed by atoms with Gasteiger partial charge in [0.25, 0.3) is 11.8 Å². The van der Waals surface area contributed by atoms with Crippen molar-refractivity contribution in [3.05, 3.63) is 95.3 Å². The van der Waals surface area contributed by atoms with Gasteiger partial charge in [0.05, 0.1) is 5.56 Å². The highest BCUT2D eigenvalue weighted by atomic mass is 16.5. The third kappa shape index (κ3) is 5.83. The summed E-state index contributed by atoms with van der Waals surface area (Å²) in [5.41, 5.74) is 3.31. The Bertz CT molecular complexity index is 1330. The minimum absolute atomic E-state index is 0.00197. The molecule has 2 saturated heterocycles. The average molecular weight is 494 g/mol. The summed E-state index contributed by atoms with van der Waals surface area (Å²) in [5, 5.41) is 0.